The molecule has 4 atom stereocenters. The van der Waals surface area contributed by atoms with E-state index < -0.39 is 24.5 Å². The number of phenolic OH excluding ortho intramolecular Hbond substituents is 1. The molecule has 9 heteroatoms. The second-order valence-corrected chi connectivity index (χ2v) is 6.68. The summed E-state index contributed by atoms with van der Waals surface area (Å²) >= 11 is 0. The molecule has 2 heterocycles. The van der Waals surface area contributed by atoms with Crippen LogP contribution in [0.1, 0.15) is 31.3 Å². The summed E-state index contributed by atoms with van der Waals surface area (Å²) in [6.07, 6.45) is -2.57. The molecule has 9 nitrogen and oxygen atoms in total. The SMILES string of the molecule is CCNc1c(C(C)=NCc2ccc(O)cc2)ncn1[C@@H]1O[C@H](CO)C(O)C1O. The number of imidazole rings is 1. The third kappa shape index (κ3) is 4.02. The van der Waals surface area contributed by atoms with E-state index in [0.29, 0.717) is 30.3 Å². The van der Waals surface area contributed by atoms with Crippen molar-refractivity contribution in [2.45, 2.75) is 44.9 Å². The van der Waals surface area contributed by atoms with Gasteiger partial charge in [0.1, 0.15) is 35.6 Å². The zero-order chi connectivity index (χ0) is 20.3. The van der Waals surface area contributed by atoms with E-state index in [1.165, 1.54) is 6.33 Å². The molecule has 1 aliphatic heterocycles. The normalized spacial score (nSPS) is 25.2. The zero-order valence-corrected chi connectivity index (χ0v) is 15.9. The Labute approximate surface area is 163 Å². The van der Waals surface area contributed by atoms with Crippen LogP contribution in [0.4, 0.5) is 5.82 Å². The maximum Gasteiger partial charge on any atom is 0.165 e. The summed E-state index contributed by atoms with van der Waals surface area (Å²) in [5, 5.41) is 42.2. The van der Waals surface area contributed by atoms with E-state index in [4.69, 9.17) is 4.74 Å². The highest BCUT2D eigenvalue weighted by molar-refractivity contribution is 6.01. The first-order valence-corrected chi connectivity index (χ1v) is 9.18. The van der Waals surface area contributed by atoms with Crippen molar-refractivity contribution < 1.29 is 25.2 Å². The van der Waals surface area contributed by atoms with Crippen molar-refractivity contribution in [2.24, 2.45) is 4.99 Å². The number of aromatic nitrogens is 2. The van der Waals surface area contributed by atoms with Crippen molar-refractivity contribution in [3.05, 3.63) is 41.9 Å². The molecule has 1 aromatic heterocycles. The summed E-state index contributed by atoms with van der Waals surface area (Å²) in [5.41, 5.74) is 2.25. The van der Waals surface area contributed by atoms with Gasteiger partial charge in [-0.1, -0.05) is 12.1 Å². The van der Waals surface area contributed by atoms with E-state index in [2.05, 4.69) is 15.3 Å². The minimum atomic E-state index is -1.19. The van der Waals surface area contributed by atoms with Crippen molar-refractivity contribution in [3.8, 4) is 5.75 Å². The lowest BCUT2D eigenvalue weighted by Crippen LogP contribution is -2.33. The Balaban J connectivity index is 1.85. The maximum absolute atomic E-state index is 10.3. The molecule has 5 N–H and O–H groups in total. The summed E-state index contributed by atoms with van der Waals surface area (Å²) in [4.78, 5) is 8.98. The molecule has 28 heavy (non-hydrogen) atoms. The number of anilines is 1. The Hall–Kier alpha value is -2.46. The number of benzene rings is 1. The van der Waals surface area contributed by atoms with Crippen molar-refractivity contribution in [1.82, 2.24) is 9.55 Å². The number of nitrogens with one attached hydrogen (secondary N) is 1. The molecule has 0 radical (unpaired) electrons. The fourth-order valence-electron chi connectivity index (χ4n) is 3.16. The highest BCUT2D eigenvalue weighted by Gasteiger charge is 2.44. The number of hydrogen-bond donors (Lipinski definition) is 5. The summed E-state index contributed by atoms with van der Waals surface area (Å²) in [6.45, 7) is 4.42. The molecule has 0 saturated carbocycles. The number of aliphatic imine (C=N–C) groups is 1. The van der Waals surface area contributed by atoms with Gasteiger partial charge in [0.05, 0.1) is 25.2 Å². The lowest BCUT2D eigenvalue weighted by atomic mass is 10.1. The Morgan fingerprint density at radius 1 is 1.25 bits per heavy atom. The van der Waals surface area contributed by atoms with Gasteiger partial charge in [-0.3, -0.25) is 9.56 Å². The summed E-state index contributed by atoms with van der Waals surface area (Å²) in [5.74, 6) is 0.820. The third-order valence-corrected chi connectivity index (χ3v) is 4.71. The Bertz CT molecular complexity index is 820. The first kappa shape index (κ1) is 20.3. The molecule has 1 aromatic carbocycles. The average Bonchev–Trinajstić information content (AvgIpc) is 3.23. The number of aliphatic hydroxyl groups excluding tert-OH is 3. The highest BCUT2D eigenvalue weighted by Crippen LogP contribution is 2.33. The molecular weight excluding hydrogens is 364 g/mol. The van der Waals surface area contributed by atoms with E-state index in [1.54, 1.807) is 28.8 Å². The monoisotopic (exact) mass is 390 g/mol. The van der Waals surface area contributed by atoms with Crippen molar-refractivity contribution in [1.29, 1.82) is 0 Å². The van der Waals surface area contributed by atoms with E-state index in [1.807, 2.05) is 13.8 Å². The van der Waals surface area contributed by atoms with Gasteiger partial charge >= 0.3 is 0 Å². The predicted molar refractivity (Wildman–Crippen MR) is 103 cm³/mol. The standard InChI is InChI=1S/C19H26N4O5/c1-3-20-18-15(11(2)21-8-12-4-6-13(25)7-5-12)22-10-23(18)19-17(27)16(26)14(9-24)28-19/h4-7,10,14,16-17,19-20,24-27H,3,8-9H2,1-2H3/t14-,16?,17?,19-/m1/s1. The molecule has 1 aliphatic rings. The molecule has 0 bridgehead atoms. The fourth-order valence-corrected chi connectivity index (χ4v) is 3.16. The van der Waals surface area contributed by atoms with Gasteiger partial charge in [0.25, 0.3) is 0 Å². The van der Waals surface area contributed by atoms with Crippen LogP contribution in [-0.2, 0) is 11.3 Å². The summed E-state index contributed by atoms with van der Waals surface area (Å²) < 4.78 is 7.22. The van der Waals surface area contributed by atoms with Gasteiger partial charge in [-0.05, 0) is 31.5 Å². The van der Waals surface area contributed by atoms with Crippen LogP contribution in [0.15, 0.2) is 35.6 Å². The number of rotatable bonds is 7. The summed E-state index contributed by atoms with van der Waals surface area (Å²) in [7, 11) is 0. The second-order valence-electron chi connectivity index (χ2n) is 6.68. The molecular formula is C19H26N4O5. The number of hydrogen-bond acceptors (Lipinski definition) is 8. The number of aliphatic hydroxyl groups is 3. The highest BCUT2D eigenvalue weighted by atomic mass is 16.6. The minimum Gasteiger partial charge on any atom is -0.508 e. The topological polar surface area (TPSA) is 132 Å². The van der Waals surface area contributed by atoms with Gasteiger partial charge in [-0.15, -0.1) is 0 Å². The van der Waals surface area contributed by atoms with Crippen LogP contribution in [0.2, 0.25) is 0 Å². The lowest BCUT2D eigenvalue weighted by Gasteiger charge is -2.20. The van der Waals surface area contributed by atoms with Crippen LogP contribution in [0.5, 0.6) is 5.75 Å². The van der Waals surface area contributed by atoms with Crippen LogP contribution in [-0.4, -0.2) is 67.2 Å². The number of nitrogens with zero attached hydrogens (tertiary/aromatic N) is 3. The molecule has 0 spiro atoms. The van der Waals surface area contributed by atoms with Gasteiger partial charge < -0.3 is 30.5 Å². The second kappa shape index (κ2) is 8.70. The van der Waals surface area contributed by atoms with Gasteiger partial charge in [-0.2, -0.15) is 0 Å². The Morgan fingerprint density at radius 3 is 2.57 bits per heavy atom. The van der Waals surface area contributed by atoms with Crippen molar-refractivity contribution in [2.75, 3.05) is 18.5 Å². The van der Waals surface area contributed by atoms with Crippen LogP contribution >= 0.6 is 0 Å². The van der Waals surface area contributed by atoms with Crippen molar-refractivity contribution in [3.63, 3.8) is 0 Å². The molecule has 3 rings (SSSR count). The molecule has 152 valence electrons. The van der Waals surface area contributed by atoms with Crippen LogP contribution in [0, 0.1) is 0 Å². The fraction of sp³-hybridized carbons (Fsp3) is 0.474. The van der Waals surface area contributed by atoms with Crippen LogP contribution in [0.25, 0.3) is 0 Å². The van der Waals surface area contributed by atoms with Crippen molar-refractivity contribution >= 4 is 11.5 Å². The predicted octanol–water partition coefficient (Wildman–Crippen LogP) is 0.641. The maximum atomic E-state index is 10.3. The zero-order valence-electron chi connectivity index (χ0n) is 15.9. The lowest BCUT2D eigenvalue weighted by molar-refractivity contribution is -0.0518. The van der Waals surface area contributed by atoms with E-state index in [-0.39, 0.29) is 12.4 Å². The molecule has 1 saturated heterocycles. The molecule has 2 unspecified atom stereocenters. The van der Waals surface area contributed by atoms with E-state index >= 15 is 0 Å². The number of ether oxygens (including phenoxy) is 1. The smallest absolute Gasteiger partial charge is 0.165 e. The summed E-state index contributed by atoms with van der Waals surface area (Å²) in [6, 6.07) is 6.82. The van der Waals surface area contributed by atoms with Gasteiger partial charge in [0.15, 0.2) is 6.23 Å². The van der Waals surface area contributed by atoms with Crippen LogP contribution in [0.3, 0.4) is 0 Å². The van der Waals surface area contributed by atoms with E-state index in [0.717, 1.165) is 5.56 Å². The van der Waals surface area contributed by atoms with Gasteiger partial charge in [0, 0.05) is 6.54 Å². The van der Waals surface area contributed by atoms with Crippen LogP contribution < -0.4 is 5.32 Å². The quantitative estimate of drug-likeness (QED) is 0.438. The van der Waals surface area contributed by atoms with Gasteiger partial charge in [-0.25, -0.2) is 4.98 Å². The number of phenols is 1. The molecule has 2 aromatic rings. The number of aromatic hydroxyl groups is 1. The third-order valence-electron chi connectivity index (χ3n) is 4.71. The minimum absolute atomic E-state index is 0.205. The Kier molecular flexibility index (Phi) is 6.30. The first-order valence-electron chi connectivity index (χ1n) is 9.18. The average molecular weight is 390 g/mol. The first-order chi connectivity index (χ1) is 13.5. The molecule has 0 amide bonds. The molecule has 0 aliphatic carbocycles. The molecule has 1 fully saturated rings. The van der Waals surface area contributed by atoms with Gasteiger partial charge in [0.2, 0.25) is 0 Å². The largest absolute Gasteiger partial charge is 0.508 e. The van der Waals surface area contributed by atoms with E-state index in [9.17, 15) is 20.4 Å². The Morgan fingerprint density at radius 2 is 1.96 bits per heavy atom.